The number of esters is 2. The van der Waals surface area contributed by atoms with Crippen LogP contribution < -0.4 is 19.6 Å². The molecule has 0 amide bonds. The minimum atomic E-state index is -0.784. The van der Waals surface area contributed by atoms with Crippen molar-refractivity contribution >= 4 is 22.9 Å². The highest BCUT2D eigenvalue weighted by atomic mass is 16.5. The van der Waals surface area contributed by atoms with E-state index in [-0.39, 0.29) is 40.2 Å². The van der Waals surface area contributed by atoms with Crippen LogP contribution in [-0.4, -0.2) is 32.8 Å². The van der Waals surface area contributed by atoms with Gasteiger partial charge in [-0.05, 0) is 48.9 Å². The van der Waals surface area contributed by atoms with Gasteiger partial charge in [-0.1, -0.05) is 24.3 Å². The number of hydrogen-bond donors (Lipinski definition) is 0. The molecule has 35 heavy (non-hydrogen) atoms. The van der Waals surface area contributed by atoms with Crippen molar-refractivity contribution in [3.8, 4) is 28.4 Å². The number of carbonyl (C=O) groups is 2. The summed E-state index contributed by atoms with van der Waals surface area (Å²) in [5.41, 5.74) is 0.412. The van der Waals surface area contributed by atoms with Crippen LogP contribution in [0.15, 0.2) is 75.9 Å². The maximum Gasteiger partial charge on any atom is 0.375 e. The third kappa shape index (κ3) is 4.72. The molecule has 1 aromatic heterocycles. The standard InChI is InChI=1S/C27H22O8/c1-4-33-27(30)25-23(16-9-11-17(31-2)12-10-16)24(28)19-14-13-18(15-22(19)35-25)34-26(29)20-7-5-6-8-21(20)32-3/h5-15H,4H2,1-3H3. The Morgan fingerprint density at radius 1 is 0.857 bits per heavy atom. The van der Waals surface area contributed by atoms with E-state index in [1.807, 2.05) is 0 Å². The molecule has 8 heteroatoms. The van der Waals surface area contributed by atoms with Gasteiger partial charge in [0.05, 0.1) is 31.8 Å². The summed E-state index contributed by atoms with van der Waals surface area (Å²) in [7, 11) is 2.98. The lowest BCUT2D eigenvalue weighted by Crippen LogP contribution is -2.15. The second kappa shape index (κ2) is 10.1. The Bertz CT molecular complexity index is 1450. The minimum Gasteiger partial charge on any atom is -0.497 e. The largest absolute Gasteiger partial charge is 0.497 e. The van der Waals surface area contributed by atoms with Gasteiger partial charge in [-0.15, -0.1) is 0 Å². The van der Waals surface area contributed by atoms with E-state index >= 15 is 0 Å². The number of para-hydroxylation sites is 1. The quantitative estimate of drug-likeness (QED) is 0.276. The molecule has 0 N–H and O–H groups in total. The van der Waals surface area contributed by atoms with Crippen LogP contribution in [0.25, 0.3) is 22.1 Å². The molecule has 0 atom stereocenters. The van der Waals surface area contributed by atoms with Gasteiger partial charge < -0.3 is 23.4 Å². The normalized spacial score (nSPS) is 10.6. The molecule has 0 saturated heterocycles. The Hall–Kier alpha value is -4.59. The zero-order chi connectivity index (χ0) is 24.9. The summed E-state index contributed by atoms with van der Waals surface area (Å²) in [6.45, 7) is 1.75. The number of ether oxygens (including phenoxy) is 4. The van der Waals surface area contributed by atoms with Gasteiger partial charge in [-0.25, -0.2) is 9.59 Å². The predicted octanol–water partition coefficient (Wildman–Crippen LogP) is 4.87. The van der Waals surface area contributed by atoms with Crippen LogP contribution in [0.1, 0.15) is 27.8 Å². The van der Waals surface area contributed by atoms with Crippen LogP contribution in [0.5, 0.6) is 17.2 Å². The van der Waals surface area contributed by atoms with E-state index < -0.39 is 17.4 Å². The Morgan fingerprint density at radius 2 is 1.57 bits per heavy atom. The first-order chi connectivity index (χ1) is 17.0. The number of rotatable bonds is 7. The van der Waals surface area contributed by atoms with E-state index in [1.165, 1.54) is 32.4 Å². The summed E-state index contributed by atoms with van der Waals surface area (Å²) < 4.78 is 26.8. The summed E-state index contributed by atoms with van der Waals surface area (Å²) in [5, 5.41) is 0.209. The monoisotopic (exact) mass is 474 g/mol. The lowest BCUT2D eigenvalue weighted by molar-refractivity contribution is 0.0491. The van der Waals surface area contributed by atoms with Gasteiger partial charge in [-0.3, -0.25) is 4.79 Å². The van der Waals surface area contributed by atoms with Crippen molar-refractivity contribution in [3.63, 3.8) is 0 Å². The fourth-order valence-corrected chi connectivity index (χ4v) is 3.57. The first kappa shape index (κ1) is 23.6. The lowest BCUT2D eigenvalue weighted by atomic mass is 10.0. The number of methoxy groups -OCH3 is 2. The highest BCUT2D eigenvalue weighted by Crippen LogP contribution is 2.29. The van der Waals surface area contributed by atoms with Crippen molar-refractivity contribution in [2.24, 2.45) is 0 Å². The molecule has 0 fully saturated rings. The highest BCUT2D eigenvalue weighted by Gasteiger charge is 2.24. The van der Waals surface area contributed by atoms with Crippen LogP contribution in [0.4, 0.5) is 0 Å². The first-order valence-electron chi connectivity index (χ1n) is 10.7. The zero-order valence-corrected chi connectivity index (χ0v) is 19.3. The number of carbonyl (C=O) groups excluding carboxylic acids is 2. The van der Waals surface area contributed by atoms with Crippen molar-refractivity contribution < 1.29 is 33.0 Å². The van der Waals surface area contributed by atoms with Gasteiger partial charge in [0.2, 0.25) is 11.2 Å². The summed E-state index contributed by atoms with van der Waals surface area (Å²) in [6, 6.07) is 17.6. The molecule has 0 saturated carbocycles. The Balaban J connectivity index is 1.80. The van der Waals surface area contributed by atoms with Crippen LogP contribution >= 0.6 is 0 Å². The Morgan fingerprint density at radius 3 is 2.26 bits per heavy atom. The lowest BCUT2D eigenvalue weighted by Gasteiger charge is -2.11. The van der Waals surface area contributed by atoms with Crippen molar-refractivity contribution in [2.75, 3.05) is 20.8 Å². The van der Waals surface area contributed by atoms with E-state index in [9.17, 15) is 14.4 Å². The van der Waals surface area contributed by atoms with Gasteiger partial charge in [0, 0.05) is 6.07 Å². The van der Waals surface area contributed by atoms with E-state index in [2.05, 4.69) is 0 Å². The molecule has 3 aromatic carbocycles. The molecular formula is C27H22O8. The molecule has 0 radical (unpaired) electrons. The van der Waals surface area contributed by atoms with Crippen molar-refractivity contribution in [1.29, 1.82) is 0 Å². The summed E-state index contributed by atoms with van der Waals surface area (Å²) in [4.78, 5) is 38.8. The third-order valence-electron chi connectivity index (χ3n) is 5.24. The smallest absolute Gasteiger partial charge is 0.375 e. The highest BCUT2D eigenvalue weighted by molar-refractivity contribution is 5.98. The third-order valence-corrected chi connectivity index (χ3v) is 5.24. The molecule has 0 aliphatic rings. The number of hydrogen-bond acceptors (Lipinski definition) is 8. The van der Waals surface area contributed by atoms with E-state index in [0.29, 0.717) is 17.1 Å². The number of fused-ring (bicyclic) bond motifs is 1. The molecular weight excluding hydrogens is 452 g/mol. The Labute approximate surface area is 200 Å². The van der Waals surface area contributed by atoms with Gasteiger partial charge in [0.25, 0.3) is 0 Å². The van der Waals surface area contributed by atoms with Crippen LogP contribution in [-0.2, 0) is 4.74 Å². The van der Waals surface area contributed by atoms with Crippen LogP contribution in [0.2, 0.25) is 0 Å². The fraction of sp³-hybridized carbons (Fsp3) is 0.148. The van der Waals surface area contributed by atoms with Crippen molar-refractivity contribution in [1.82, 2.24) is 0 Å². The fourth-order valence-electron chi connectivity index (χ4n) is 3.57. The zero-order valence-electron chi connectivity index (χ0n) is 19.3. The van der Waals surface area contributed by atoms with Gasteiger partial charge >= 0.3 is 11.9 Å². The molecule has 4 rings (SSSR count). The summed E-state index contributed by atoms with van der Waals surface area (Å²) >= 11 is 0. The second-order valence-corrected chi connectivity index (χ2v) is 7.33. The van der Waals surface area contributed by atoms with E-state index in [0.717, 1.165) is 0 Å². The Kier molecular flexibility index (Phi) is 6.82. The van der Waals surface area contributed by atoms with Crippen LogP contribution in [0, 0.1) is 0 Å². The molecule has 1 heterocycles. The average Bonchev–Trinajstić information content (AvgIpc) is 2.88. The molecule has 0 spiro atoms. The van der Waals surface area contributed by atoms with Crippen molar-refractivity contribution in [2.45, 2.75) is 6.92 Å². The molecule has 0 bridgehead atoms. The molecule has 0 aliphatic heterocycles. The van der Waals surface area contributed by atoms with Gasteiger partial charge in [-0.2, -0.15) is 0 Å². The molecule has 0 unspecified atom stereocenters. The predicted molar refractivity (Wildman–Crippen MR) is 128 cm³/mol. The SMILES string of the molecule is CCOC(=O)c1oc2cc(OC(=O)c3ccccc3OC)ccc2c(=O)c1-c1ccc(OC)cc1. The topological polar surface area (TPSA) is 101 Å². The van der Waals surface area contributed by atoms with Gasteiger partial charge in [0.15, 0.2) is 0 Å². The van der Waals surface area contributed by atoms with E-state index in [1.54, 1.807) is 55.5 Å². The summed E-state index contributed by atoms with van der Waals surface area (Å²) in [5.74, 6) is -0.596. The minimum absolute atomic E-state index is 0.0670. The van der Waals surface area contributed by atoms with E-state index in [4.69, 9.17) is 23.4 Å². The van der Waals surface area contributed by atoms with Gasteiger partial charge in [0.1, 0.15) is 28.4 Å². The summed E-state index contributed by atoms with van der Waals surface area (Å²) in [6.07, 6.45) is 0. The number of benzene rings is 3. The second-order valence-electron chi connectivity index (χ2n) is 7.33. The average molecular weight is 474 g/mol. The molecule has 8 nitrogen and oxygen atoms in total. The molecule has 178 valence electrons. The maximum atomic E-state index is 13.4. The molecule has 0 aliphatic carbocycles. The van der Waals surface area contributed by atoms with Crippen molar-refractivity contribution in [3.05, 3.63) is 88.3 Å². The van der Waals surface area contributed by atoms with Crippen LogP contribution in [0.3, 0.4) is 0 Å². The maximum absolute atomic E-state index is 13.4. The molecule has 4 aromatic rings. The first-order valence-corrected chi connectivity index (χ1v) is 10.7.